The van der Waals surface area contributed by atoms with Gasteiger partial charge < -0.3 is 8.98 Å². The summed E-state index contributed by atoms with van der Waals surface area (Å²) in [6, 6.07) is 8.59. The standard InChI is InChI=1S/C23H17FN6O4S2/c1-14(17-6-4-3-5-15(17)7-8-16-11-25-13-29(16)2)30-19-9-18(24)21(10-20(19)34-23(30)31)36(32,33)28-22-26-12-27-35-22/h3-6,9-14H,1-2H3,(H,26,27,28)/t14-/m1/s1. The Bertz CT molecular complexity index is 1810. The van der Waals surface area contributed by atoms with Crippen LogP contribution in [0.25, 0.3) is 11.1 Å². The summed E-state index contributed by atoms with van der Waals surface area (Å²) < 4.78 is 54.7. The van der Waals surface area contributed by atoms with E-state index in [1.54, 1.807) is 30.1 Å². The van der Waals surface area contributed by atoms with Gasteiger partial charge in [-0.15, -0.1) is 0 Å². The molecule has 5 aromatic rings. The third-order valence-corrected chi connectivity index (χ3v) is 7.54. The molecule has 0 saturated carbocycles. The van der Waals surface area contributed by atoms with Crippen LogP contribution >= 0.6 is 11.5 Å². The smallest absolute Gasteiger partial charge is 0.408 e. The topological polar surface area (TPSA) is 125 Å². The first-order valence-electron chi connectivity index (χ1n) is 10.5. The van der Waals surface area contributed by atoms with Crippen LogP contribution in [0, 0.1) is 17.7 Å². The van der Waals surface area contributed by atoms with Gasteiger partial charge in [-0.25, -0.2) is 27.6 Å². The van der Waals surface area contributed by atoms with Crippen molar-refractivity contribution in [2.24, 2.45) is 7.05 Å². The first-order valence-corrected chi connectivity index (χ1v) is 12.7. The Hall–Kier alpha value is -4.28. The number of rotatable bonds is 5. The average Bonchev–Trinajstić information content (AvgIpc) is 3.57. The number of nitrogens with zero attached hydrogens (tertiary/aromatic N) is 5. The molecule has 0 unspecified atom stereocenters. The van der Waals surface area contributed by atoms with E-state index in [0.717, 1.165) is 23.7 Å². The van der Waals surface area contributed by atoms with Gasteiger partial charge in [0.15, 0.2) is 5.58 Å². The molecule has 1 N–H and O–H groups in total. The van der Waals surface area contributed by atoms with Crippen LogP contribution < -0.4 is 10.5 Å². The molecule has 0 aliphatic heterocycles. The van der Waals surface area contributed by atoms with E-state index in [9.17, 15) is 13.2 Å². The minimum atomic E-state index is -4.33. The average molecular weight is 525 g/mol. The van der Waals surface area contributed by atoms with E-state index in [-0.39, 0.29) is 16.2 Å². The molecule has 13 heteroatoms. The maximum Gasteiger partial charge on any atom is 0.420 e. The van der Waals surface area contributed by atoms with Crippen molar-refractivity contribution in [1.29, 1.82) is 0 Å². The molecule has 0 aliphatic rings. The van der Waals surface area contributed by atoms with Crippen LogP contribution in [-0.2, 0) is 17.1 Å². The van der Waals surface area contributed by atoms with Crippen molar-refractivity contribution < 1.29 is 17.2 Å². The molecule has 0 saturated heterocycles. The van der Waals surface area contributed by atoms with Gasteiger partial charge in [0.1, 0.15) is 22.7 Å². The summed E-state index contributed by atoms with van der Waals surface area (Å²) in [7, 11) is -2.51. The van der Waals surface area contributed by atoms with Crippen LogP contribution in [0.5, 0.6) is 0 Å². The molecule has 3 heterocycles. The number of halogens is 1. The summed E-state index contributed by atoms with van der Waals surface area (Å²) in [6.07, 6.45) is 4.45. The van der Waals surface area contributed by atoms with Crippen LogP contribution in [0.15, 0.2) is 69.4 Å². The molecule has 0 bridgehead atoms. The second-order valence-corrected chi connectivity index (χ2v) is 10.2. The number of sulfonamides is 1. The quantitative estimate of drug-likeness (QED) is 0.350. The summed E-state index contributed by atoms with van der Waals surface area (Å²) in [5.74, 6) is 4.33. The van der Waals surface area contributed by atoms with Crippen molar-refractivity contribution >= 4 is 37.8 Å². The van der Waals surface area contributed by atoms with Crippen LogP contribution in [0.4, 0.5) is 9.52 Å². The van der Waals surface area contributed by atoms with Gasteiger partial charge in [-0.05, 0) is 24.5 Å². The van der Waals surface area contributed by atoms with Crippen molar-refractivity contribution in [3.8, 4) is 11.8 Å². The maximum atomic E-state index is 15.1. The Kier molecular flexibility index (Phi) is 5.91. The molecule has 0 fully saturated rings. The molecule has 0 radical (unpaired) electrons. The molecular formula is C23H17FN6O4S2. The van der Waals surface area contributed by atoms with E-state index in [1.807, 2.05) is 25.2 Å². The van der Waals surface area contributed by atoms with Crippen molar-refractivity contribution in [3.63, 3.8) is 0 Å². The van der Waals surface area contributed by atoms with E-state index in [0.29, 0.717) is 16.8 Å². The van der Waals surface area contributed by atoms with E-state index in [4.69, 9.17) is 4.42 Å². The van der Waals surface area contributed by atoms with Gasteiger partial charge in [0.2, 0.25) is 5.13 Å². The monoisotopic (exact) mass is 524 g/mol. The van der Waals surface area contributed by atoms with Crippen LogP contribution in [0.2, 0.25) is 0 Å². The number of aromatic nitrogens is 5. The van der Waals surface area contributed by atoms with Crippen LogP contribution in [0.3, 0.4) is 0 Å². The zero-order chi connectivity index (χ0) is 25.4. The van der Waals surface area contributed by atoms with E-state index in [1.165, 1.54) is 10.9 Å². The highest BCUT2D eigenvalue weighted by molar-refractivity contribution is 7.93. The Morgan fingerprint density at radius 1 is 1.22 bits per heavy atom. The van der Waals surface area contributed by atoms with Crippen molar-refractivity contribution in [1.82, 2.24) is 23.5 Å². The molecule has 36 heavy (non-hydrogen) atoms. The Balaban J connectivity index is 1.57. The van der Waals surface area contributed by atoms with E-state index >= 15 is 4.39 Å². The lowest BCUT2D eigenvalue weighted by Crippen LogP contribution is -2.20. The van der Waals surface area contributed by atoms with Crippen LogP contribution in [-0.4, -0.2) is 31.9 Å². The minimum absolute atomic E-state index is 0.0222. The fourth-order valence-corrected chi connectivity index (χ4v) is 5.46. The molecule has 0 aliphatic carbocycles. The SMILES string of the molecule is C[C@H](c1ccccc1C#Cc1cncn1C)n1c(=O)oc2cc(S(=O)(=O)Nc3ncns3)c(F)cc21. The highest BCUT2D eigenvalue weighted by Crippen LogP contribution is 2.29. The number of imidazole rings is 1. The number of hydrogen-bond acceptors (Lipinski definition) is 8. The normalized spacial score (nSPS) is 12.3. The third-order valence-electron chi connectivity index (χ3n) is 5.48. The Morgan fingerprint density at radius 2 is 2.03 bits per heavy atom. The van der Waals surface area contributed by atoms with Gasteiger partial charge in [-0.1, -0.05) is 24.1 Å². The largest absolute Gasteiger partial charge is 0.420 e. The lowest BCUT2D eigenvalue weighted by atomic mass is 10.0. The summed E-state index contributed by atoms with van der Waals surface area (Å²) in [5, 5.41) is -0.0222. The van der Waals surface area contributed by atoms with Gasteiger partial charge in [-0.3, -0.25) is 9.29 Å². The van der Waals surface area contributed by atoms with Crippen molar-refractivity contribution in [3.05, 3.63) is 88.4 Å². The van der Waals surface area contributed by atoms with Gasteiger partial charge in [0.05, 0.1) is 24.1 Å². The predicted octanol–water partition coefficient (Wildman–Crippen LogP) is 3.13. The maximum absolute atomic E-state index is 15.1. The predicted molar refractivity (Wildman–Crippen MR) is 131 cm³/mol. The molecule has 2 aromatic carbocycles. The highest BCUT2D eigenvalue weighted by Gasteiger charge is 2.26. The van der Waals surface area contributed by atoms with Gasteiger partial charge in [-0.2, -0.15) is 4.37 Å². The first-order chi connectivity index (χ1) is 17.2. The second kappa shape index (κ2) is 9.06. The fraction of sp³-hybridized carbons (Fsp3) is 0.130. The number of nitrogens with one attached hydrogen (secondary N) is 1. The van der Waals surface area contributed by atoms with Gasteiger partial charge in [0, 0.05) is 36.3 Å². The zero-order valence-electron chi connectivity index (χ0n) is 18.8. The van der Waals surface area contributed by atoms with E-state index in [2.05, 4.69) is 30.9 Å². The highest BCUT2D eigenvalue weighted by atomic mass is 32.2. The van der Waals surface area contributed by atoms with E-state index < -0.39 is 32.5 Å². The van der Waals surface area contributed by atoms with Crippen molar-refractivity contribution in [2.75, 3.05) is 4.72 Å². The molecule has 182 valence electrons. The van der Waals surface area contributed by atoms with Gasteiger partial charge in [0.25, 0.3) is 10.0 Å². The third kappa shape index (κ3) is 4.28. The summed E-state index contributed by atoms with van der Waals surface area (Å²) in [4.78, 5) is 19.9. The van der Waals surface area contributed by atoms with Gasteiger partial charge >= 0.3 is 5.76 Å². The summed E-state index contributed by atoms with van der Waals surface area (Å²) in [5.41, 5.74) is 2.10. The summed E-state index contributed by atoms with van der Waals surface area (Å²) in [6.45, 7) is 1.75. The molecule has 1 atom stereocenters. The number of hydrogen-bond donors (Lipinski definition) is 1. The number of oxazole rings is 1. The Morgan fingerprint density at radius 3 is 2.75 bits per heavy atom. The molecule has 0 amide bonds. The zero-order valence-corrected chi connectivity index (χ0v) is 20.5. The molecule has 0 spiro atoms. The molecule has 5 rings (SSSR count). The number of anilines is 1. The minimum Gasteiger partial charge on any atom is -0.408 e. The Labute approximate surface area is 208 Å². The van der Waals surface area contributed by atoms with Crippen molar-refractivity contribution in [2.45, 2.75) is 17.9 Å². The molecule has 3 aromatic heterocycles. The molecular weight excluding hydrogens is 507 g/mol. The second-order valence-electron chi connectivity index (χ2n) is 7.74. The number of benzene rings is 2. The van der Waals surface area contributed by atoms with Crippen LogP contribution in [0.1, 0.15) is 29.8 Å². The summed E-state index contributed by atoms with van der Waals surface area (Å²) >= 11 is 0.800. The number of aryl methyl sites for hydroxylation is 1. The first kappa shape index (κ1) is 23.5. The lowest BCUT2D eigenvalue weighted by molar-refractivity contribution is 0.489. The molecule has 10 nitrogen and oxygen atoms in total. The number of fused-ring (bicyclic) bond motifs is 1. The lowest BCUT2D eigenvalue weighted by Gasteiger charge is -2.15. The fourth-order valence-electron chi connectivity index (χ4n) is 3.72.